The quantitative estimate of drug-likeness (QED) is 0.614. The lowest BCUT2D eigenvalue weighted by atomic mass is 10.0. The summed E-state index contributed by atoms with van der Waals surface area (Å²) in [5.74, 6) is 1.25. The molecule has 4 heteroatoms. The highest BCUT2D eigenvalue weighted by molar-refractivity contribution is 7.90. The maximum Gasteiger partial charge on any atom is 0.147 e. The van der Waals surface area contributed by atoms with Gasteiger partial charge in [0.2, 0.25) is 0 Å². The summed E-state index contributed by atoms with van der Waals surface area (Å²) in [5.41, 5.74) is 0. The molecule has 0 bridgehead atoms. The second-order valence-corrected chi connectivity index (χ2v) is 7.64. The van der Waals surface area contributed by atoms with Crippen LogP contribution in [0.5, 0.6) is 0 Å². The van der Waals surface area contributed by atoms with E-state index < -0.39 is 9.84 Å². The van der Waals surface area contributed by atoms with Crippen molar-refractivity contribution >= 4 is 9.84 Å². The highest BCUT2D eigenvalue weighted by atomic mass is 32.2. The normalized spacial score (nSPS) is 18.2. The fraction of sp³-hybridized carbons (Fsp3) is 1.00. The van der Waals surface area contributed by atoms with E-state index in [4.69, 9.17) is 0 Å². The summed E-state index contributed by atoms with van der Waals surface area (Å²) in [4.78, 5) is 0. The van der Waals surface area contributed by atoms with Crippen molar-refractivity contribution in [1.29, 1.82) is 0 Å². The predicted molar refractivity (Wildman–Crippen MR) is 73.0 cm³/mol. The highest BCUT2D eigenvalue weighted by Crippen LogP contribution is 2.34. The molecule has 0 amide bonds. The lowest BCUT2D eigenvalue weighted by Crippen LogP contribution is -2.31. The van der Waals surface area contributed by atoms with Crippen molar-refractivity contribution in [3.8, 4) is 0 Å². The third kappa shape index (κ3) is 7.77. The molecule has 102 valence electrons. The van der Waals surface area contributed by atoms with E-state index in [0.717, 1.165) is 31.7 Å². The third-order valence-electron chi connectivity index (χ3n) is 3.38. The maximum atomic E-state index is 11.0. The monoisotopic (exact) mass is 261 g/mol. The summed E-state index contributed by atoms with van der Waals surface area (Å²) in [6, 6.07) is 0.688. The second-order valence-electron chi connectivity index (χ2n) is 5.38. The number of hydrogen-bond acceptors (Lipinski definition) is 3. The average Bonchev–Trinajstić information content (AvgIpc) is 3.04. The van der Waals surface area contributed by atoms with Crippen molar-refractivity contribution in [2.75, 3.05) is 18.6 Å². The first-order valence-corrected chi connectivity index (χ1v) is 9.00. The van der Waals surface area contributed by atoms with E-state index in [1.165, 1.54) is 31.9 Å². The molecule has 1 atom stereocenters. The molecule has 1 N–H and O–H groups in total. The molecule has 0 aliphatic heterocycles. The molecule has 1 rings (SSSR count). The Labute approximate surface area is 106 Å². The first kappa shape index (κ1) is 15.0. The van der Waals surface area contributed by atoms with E-state index >= 15 is 0 Å². The molecule has 0 radical (unpaired) electrons. The SMILES string of the molecule is CCCNC(CCCCCS(C)(=O)=O)C1CC1. The molecule has 17 heavy (non-hydrogen) atoms. The molecule has 1 fully saturated rings. The first-order chi connectivity index (χ1) is 8.03. The van der Waals surface area contributed by atoms with Crippen molar-refractivity contribution in [1.82, 2.24) is 5.32 Å². The predicted octanol–water partition coefficient (Wildman–Crippen LogP) is 2.37. The van der Waals surface area contributed by atoms with Gasteiger partial charge in [0.15, 0.2) is 0 Å². The van der Waals surface area contributed by atoms with Gasteiger partial charge in [-0.15, -0.1) is 0 Å². The van der Waals surface area contributed by atoms with Crippen LogP contribution in [0, 0.1) is 5.92 Å². The fourth-order valence-electron chi connectivity index (χ4n) is 2.24. The van der Waals surface area contributed by atoms with Gasteiger partial charge in [0.25, 0.3) is 0 Å². The summed E-state index contributed by atoms with van der Waals surface area (Å²) in [6.07, 6.45) is 9.52. The minimum Gasteiger partial charge on any atom is -0.314 e. The Morgan fingerprint density at radius 2 is 1.94 bits per heavy atom. The smallest absolute Gasteiger partial charge is 0.147 e. The Kier molecular flexibility index (Phi) is 6.49. The van der Waals surface area contributed by atoms with Crippen molar-refractivity contribution in [3.63, 3.8) is 0 Å². The molecule has 0 aromatic heterocycles. The minimum atomic E-state index is -2.76. The molecule has 1 aliphatic carbocycles. The van der Waals surface area contributed by atoms with E-state index in [0.29, 0.717) is 11.8 Å². The standard InChI is InChI=1S/C13H27NO2S/c1-3-10-14-13(12-8-9-12)7-5-4-6-11-17(2,15)16/h12-14H,3-11H2,1-2H3. The van der Waals surface area contributed by atoms with Gasteiger partial charge in [0, 0.05) is 18.1 Å². The van der Waals surface area contributed by atoms with Gasteiger partial charge < -0.3 is 5.32 Å². The molecule has 0 aromatic carbocycles. The Morgan fingerprint density at radius 1 is 1.24 bits per heavy atom. The zero-order valence-corrected chi connectivity index (χ0v) is 12.1. The van der Waals surface area contributed by atoms with Crippen LogP contribution in [0.25, 0.3) is 0 Å². The van der Waals surface area contributed by atoms with Crippen LogP contribution >= 0.6 is 0 Å². The zero-order chi connectivity index (χ0) is 12.7. The van der Waals surface area contributed by atoms with Gasteiger partial charge in [0.1, 0.15) is 9.84 Å². The molecule has 0 spiro atoms. The van der Waals surface area contributed by atoms with Crippen LogP contribution in [0.1, 0.15) is 51.9 Å². The Hall–Kier alpha value is -0.0900. The van der Waals surface area contributed by atoms with Crippen molar-refractivity contribution < 1.29 is 8.42 Å². The van der Waals surface area contributed by atoms with Crippen LogP contribution < -0.4 is 5.32 Å². The highest BCUT2D eigenvalue weighted by Gasteiger charge is 2.29. The van der Waals surface area contributed by atoms with Crippen LogP contribution in [-0.2, 0) is 9.84 Å². The van der Waals surface area contributed by atoms with Gasteiger partial charge in [-0.1, -0.05) is 19.8 Å². The second kappa shape index (κ2) is 7.37. The van der Waals surface area contributed by atoms with Gasteiger partial charge in [-0.3, -0.25) is 0 Å². The van der Waals surface area contributed by atoms with Gasteiger partial charge >= 0.3 is 0 Å². The summed E-state index contributed by atoms with van der Waals surface area (Å²) >= 11 is 0. The van der Waals surface area contributed by atoms with Crippen LogP contribution in [0.2, 0.25) is 0 Å². The molecular weight excluding hydrogens is 234 g/mol. The lowest BCUT2D eigenvalue weighted by Gasteiger charge is -2.17. The van der Waals surface area contributed by atoms with E-state index in [1.54, 1.807) is 0 Å². The van der Waals surface area contributed by atoms with Crippen LogP contribution in [0.3, 0.4) is 0 Å². The van der Waals surface area contributed by atoms with Gasteiger partial charge in [-0.2, -0.15) is 0 Å². The van der Waals surface area contributed by atoms with Gasteiger partial charge in [0.05, 0.1) is 0 Å². The van der Waals surface area contributed by atoms with Crippen molar-refractivity contribution in [3.05, 3.63) is 0 Å². The summed E-state index contributed by atoms with van der Waals surface area (Å²) < 4.78 is 22.0. The van der Waals surface area contributed by atoms with Crippen LogP contribution in [-0.4, -0.2) is 33.0 Å². The van der Waals surface area contributed by atoms with Crippen molar-refractivity contribution in [2.24, 2.45) is 5.92 Å². The molecule has 1 aliphatic rings. The van der Waals surface area contributed by atoms with Crippen LogP contribution in [0.15, 0.2) is 0 Å². The zero-order valence-electron chi connectivity index (χ0n) is 11.2. The number of nitrogens with one attached hydrogen (secondary N) is 1. The largest absolute Gasteiger partial charge is 0.314 e. The maximum absolute atomic E-state index is 11.0. The Morgan fingerprint density at radius 3 is 2.47 bits per heavy atom. The number of unbranched alkanes of at least 4 members (excludes halogenated alkanes) is 2. The number of rotatable bonds is 10. The Balaban J connectivity index is 2.06. The van der Waals surface area contributed by atoms with E-state index in [-0.39, 0.29) is 0 Å². The molecule has 1 saturated carbocycles. The summed E-state index contributed by atoms with van der Waals surface area (Å²) in [6.45, 7) is 3.31. The van der Waals surface area contributed by atoms with Gasteiger partial charge in [-0.25, -0.2) is 8.42 Å². The van der Waals surface area contributed by atoms with E-state index in [9.17, 15) is 8.42 Å². The van der Waals surface area contributed by atoms with Gasteiger partial charge in [-0.05, 0) is 44.6 Å². The number of sulfone groups is 1. The molecule has 0 aromatic rings. The minimum absolute atomic E-state index is 0.351. The molecular formula is C13H27NO2S. The summed E-state index contributed by atoms with van der Waals surface area (Å²) in [7, 11) is -2.76. The molecule has 1 unspecified atom stereocenters. The summed E-state index contributed by atoms with van der Waals surface area (Å²) in [5, 5.41) is 3.62. The van der Waals surface area contributed by atoms with Crippen molar-refractivity contribution in [2.45, 2.75) is 57.9 Å². The lowest BCUT2D eigenvalue weighted by molar-refractivity contribution is 0.419. The third-order valence-corrected chi connectivity index (χ3v) is 4.41. The topological polar surface area (TPSA) is 46.2 Å². The first-order valence-electron chi connectivity index (χ1n) is 6.94. The van der Waals surface area contributed by atoms with E-state index in [2.05, 4.69) is 12.2 Å². The number of hydrogen-bond donors (Lipinski definition) is 1. The average molecular weight is 261 g/mol. The van der Waals surface area contributed by atoms with Crippen LogP contribution in [0.4, 0.5) is 0 Å². The molecule has 0 heterocycles. The molecule has 3 nitrogen and oxygen atoms in total. The van der Waals surface area contributed by atoms with E-state index in [1.807, 2.05) is 0 Å². The Bertz CT molecular complexity index is 297. The molecule has 0 saturated heterocycles. The fourth-order valence-corrected chi connectivity index (χ4v) is 2.97.